The Morgan fingerprint density at radius 3 is 2.61 bits per heavy atom. The Labute approximate surface area is 116 Å². The van der Waals surface area contributed by atoms with Gasteiger partial charge in [-0.25, -0.2) is 8.42 Å². The van der Waals surface area contributed by atoms with Crippen molar-refractivity contribution in [2.45, 2.75) is 24.3 Å². The van der Waals surface area contributed by atoms with Gasteiger partial charge in [0.1, 0.15) is 10.6 Å². The van der Waals surface area contributed by atoms with E-state index in [2.05, 4.69) is 0 Å². The predicted molar refractivity (Wildman–Crippen MR) is 71.1 cm³/mol. The second-order valence-electron chi connectivity index (χ2n) is 3.74. The summed E-state index contributed by atoms with van der Waals surface area (Å²) in [5.74, 6) is 0.193. The lowest BCUT2D eigenvalue weighted by Crippen LogP contribution is -2.15. The zero-order valence-corrected chi connectivity index (χ0v) is 12.3. The average molecular weight is 313 g/mol. The second kappa shape index (κ2) is 6.61. The number of hydrogen-bond acceptors (Lipinski definition) is 4. The van der Waals surface area contributed by atoms with Gasteiger partial charge < -0.3 is 9.47 Å². The first-order valence-electron chi connectivity index (χ1n) is 5.24. The van der Waals surface area contributed by atoms with E-state index >= 15 is 0 Å². The Bertz CT molecular complexity index is 502. The lowest BCUT2D eigenvalue weighted by molar-refractivity contribution is 0.133. The van der Waals surface area contributed by atoms with Crippen molar-refractivity contribution in [2.24, 2.45) is 0 Å². The summed E-state index contributed by atoms with van der Waals surface area (Å²) >= 11 is 5.74. The van der Waals surface area contributed by atoms with Crippen LogP contribution in [0.25, 0.3) is 0 Å². The van der Waals surface area contributed by atoms with Crippen molar-refractivity contribution in [3.05, 3.63) is 23.2 Å². The molecule has 0 fully saturated rings. The highest BCUT2D eigenvalue weighted by Gasteiger charge is 2.19. The molecule has 1 atom stereocenters. The van der Waals surface area contributed by atoms with Crippen molar-refractivity contribution in [3.63, 3.8) is 0 Å². The summed E-state index contributed by atoms with van der Waals surface area (Å²) in [6.45, 7) is 2.34. The SMILES string of the molecule is COCCC(C)Oc1ccc(Cl)cc1S(=O)(=O)Cl. The molecular weight excluding hydrogens is 299 g/mol. The summed E-state index contributed by atoms with van der Waals surface area (Å²) in [5.41, 5.74) is 0. The second-order valence-corrected chi connectivity index (χ2v) is 6.71. The van der Waals surface area contributed by atoms with E-state index < -0.39 is 9.05 Å². The van der Waals surface area contributed by atoms with E-state index in [0.29, 0.717) is 13.0 Å². The molecule has 0 amide bonds. The van der Waals surface area contributed by atoms with Gasteiger partial charge >= 0.3 is 0 Å². The molecule has 1 unspecified atom stereocenters. The van der Waals surface area contributed by atoms with Crippen molar-refractivity contribution < 1.29 is 17.9 Å². The van der Waals surface area contributed by atoms with Crippen LogP contribution in [0.2, 0.25) is 5.02 Å². The largest absolute Gasteiger partial charge is 0.489 e. The van der Waals surface area contributed by atoms with Gasteiger partial charge in [-0.15, -0.1) is 0 Å². The molecule has 1 aromatic rings. The van der Waals surface area contributed by atoms with Crippen LogP contribution in [0.15, 0.2) is 23.1 Å². The fourth-order valence-corrected chi connectivity index (χ4v) is 2.55. The summed E-state index contributed by atoms with van der Waals surface area (Å²) < 4.78 is 33.3. The molecule has 0 aliphatic heterocycles. The molecule has 0 heterocycles. The Morgan fingerprint density at radius 1 is 1.39 bits per heavy atom. The van der Waals surface area contributed by atoms with Gasteiger partial charge in [0.25, 0.3) is 9.05 Å². The summed E-state index contributed by atoms with van der Waals surface area (Å²) in [5, 5.41) is 0.283. The number of methoxy groups -OCH3 is 1. The lowest BCUT2D eigenvalue weighted by atomic mass is 10.3. The molecule has 0 aliphatic carbocycles. The highest BCUT2D eigenvalue weighted by molar-refractivity contribution is 8.13. The fraction of sp³-hybridized carbons (Fsp3) is 0.455. The van der Waals surface area contributed by atoms with Crippen LogP contribution in [0.5, 0.6) is 5.75 Å². The van der Waals surface area contributed by atoms with Gasteiger partial charge in [-0.05, 0) is 25.1 Å². The molecule has 0 saturated heterocycles. The maximum atomic E-state index is 11.4. The minimum absolute atomic E-state index is 0.124. The van der Waals surface area contributed by atoms with Gasteiger partial charge in [0.05, 0.1) is 6.10 Å². The number of benzene rings is 1. The van der Waals surface area contributed by atoms with Crippen molar-refractivity contribution in [1.82, 2.24) is 0 Å². The first kappa shape index (κ1) is 15.6. The van der Waals surface area contributed by atoms with Crippen molar-refractivity contribution >= 4 is 31.3 Å². The number of ether oxygens (including phenoxy) is 2. The molecule has 0 N–H and O–H groups in total. The zero-order valence-electron chi connectivity index (χ0n) is 10.0. The van der Waals surface area contributed by atoms with Gasteiger partial charge in [-0.3, -0.25) is 0 Å². The maximum Gasteiger partial charge on any atom is 0.265 e. The summed E-state index contributed by atoms with van der Waals surface area (Å²) in [7, 11) is 3.03. The fourth-order valence-electron chi connectivity index (χ4n) is 1.33. The standard InChI is InChI=1S/C11H14Cl2O4S/c1-8(5-6-16-2)17-10-4-3-9(12)7-11(10)18(13,14)15/h3-4,7-8H,5-6H2,1-2H3. The third kappa shape index (κ3) is 4.65. The Kier molecular flexibility index (Phi) is 5.72. The van der Waals surface area contributed by atoms with Crippen LogP contribution in [0.4, 0.5) is 0 Å². The smallest absolute Gasteiger partial charge is 0.265 e. The lowest BCUT2D eigenvalue weighted by Gasteiger charge is -2.16. The molecule has 18 heavy (non-hydrogen) atoms. The molecule has 0 aliphatic rings. The van der Waals surface area contributed by atoms with Crippen LogP contribution < -0.4 is 4.74 Å². The van der Waals surface area contributed by atoms with E-state index in [0.717, 1.165) is 0 Å². The van der Waals surface area contributed by atoms with Gasteiger partial charge in [0.15, 0.2) is 0 Å². The minimum Gasteiger partial charge on any atom is -0.489 e. The maximum absolute atomic E-state index is 11.4. The van der Waals surface area contributed by atoms with Crippen LogP contribution in [0, 0.1) is 0 Å². The molecule has 1 rings (SSSR count). The minimum atomic E-state index is -3.89. The molecule has 4 nitrogen and oxygen atoms in total. The van der Waals surface area contributed by atoms with Crippen molar-refractivity contribution in [2.75, 3.05) is 13.7 Å². The molecule has 1 aromatic carbocycles. The first-order valence-corrected chi connectivity index (χ1v) is 7.93. The average Bonchev–Trinajstić information content (AvgIpc) is 2.27. The van der Waals surface area contributed by atoms with Crippen LogP contribution in [-0.2, 0) is 13.8 Å². The molecule has 0 radical (unpaired) electrons. The topological polar surface area (TPSA) is 52.6 Å². The molecule has 102 valence electrons. The van der Waals surface area contributed by atoms with Gasteiger partial charge in [0.2, 0.25) is 0 Å². The summed E-state index contributed by atoms with van der Waals surface area (Å²) in [4.78, 5) is -0.124. The van der Waals surface area contributed by atoms with E-state index in [1.54, 1.807) is 13.2 Å². The quantitative estimate of drug-likeness (QED) is 0.757. The molecule has 0 saturated carbocycles. The first-order chi connectivity index (χ1) is 8.34. The predicted octanol–water partition coefficient (Wildman–Crippen LogP) is 3.07. The molecule has 0 bridgehead atoms. The Morgan fingerprint density at radius 2 is 2.06 bits per heavy atom. The highest BCUT2D eigenvalue weighted by Crippen LogP contribution is 2.30. The number of hydrogen-bond donors (Lipinski definition) is 0. The van der Waals surface area contributed by atoms with Gasteiger partial charge in [-0.1, -0.05) is 11.6 Å². The van der Waals surface area contributed by atoms with E-state index in [1.165, 1.54) is 12.1 Å². The van der Waals surface area contributed by atoms with E-state index in [4.69, 9.17) is 31.8 Å². The third-order valence-electron chi connectivity index (χ3n) is 2.23. The Balaban J connectivity index is 2.95. The summed E-state index contributed by atoms with van der Waals surface area (Å²) in [6, 6.07) is 4.30. The van der Waals surface area contributed by atoms with Gasteiger partial charge in [-0.2, -0.15) is 0 Å². The van der Waals surface area contributed by atoms with Crippen LogP contribution >= 0.6 is 22.3 Å². The van der Waals surface area contributed by atoms with Gasteiger partial charge in [0, 0.05) is 35.8 Å². The van der Waals surface area contributed by atoms with E-state index in [9.17, 15) is 8.42 Å². The van der Waals surface area contributed by atoms with Crippen LogP contribution in [0.1, 0.15) is 13.3 Å². The van der Waals surface area contributed by atoms with Crippen LogP contribution in [-0.4, -0.2) is 28.2 Å². The number of rotatable bonds is 6. The summed E-state index contributed by atoms with van der Waals surface area (Å²) in [6.07, 6.45) is 0.448. The third-order valence-corrected chi connectivity index (χ3v) is 3.80. The zero-order chi connectivity index (χ0) is 13.8. The monoisotopic (exact) mass is 312 g/mol. The van der Waals surface area contributed by atoms with Crippen molar-refractivity contribution in [3.8, 4) is 5.75 Å². The molecule has 0 spiro atoms. The number of halogens is 2. The molecule has 7 heteroatoms. The highest BCUT2D eigenvalue weighted by atomic mass is 35.7. The van der Waals surface area contributed by atoms with E-state index in [1.807, 2.05) is 6.92 Å². The normalized spacial score (nSPS) is 13.3. The molecular formula is C11H14Cl2O4S. The van der Waals surface area contributed by atoms with Crippen LogP contribution in [0.3, 0.4) is 0 Å². The van der Waals surface area contributed by atoms with Crippen molar-refractivity contribution in [1.29, 1.82) is 0 Å². The Hall–Kier alpha value is -0.490. The molecule has 0 aromatic heterocycles. The van der Waals surface area contributed by atoms with E-state index in [-0.39, 0.29) is 21.8 Å².